The van der Waals surface area contributed by atoms with Crippen LogP contribution in [0.5, 0.6) is 0 Å². The van der Waals surface area contributed by atoms with Gasteiger partial charge in [0.1, 0.15) is 0 Å². The lowest BCUT2D eigenvalue weighted by atomic mass is 10.2. The maximum atomic E-state index is 10.4. The Morgan fingerprint density at radius 3 is 1.73 bits per heavy atom. The van der Waals surface area contributed by atoms with Crippen molar-refractivity contribution in [3.05, 3.63) is 23.8 Å². The molecule has 0 aliphatic heterocycles. The molecule has 15 heavy (non-hydrogen) atoms. The van der Waals surface area contributed by atoms with Crippen molar-refractivity contribution in [2.75, 3.05) is 24.7 Å². The van der Waals surface area contributed by atoms with Gasteiger partial charge in [0.25, 0.3) is 0 Å². The van der Waals surface area contributed by atoms with Gasteiger partial charge in [-0.1, -0.05) is 0 Å². The molecule has 1 rings (SSSR count). The maximum Gasteiger partial charge on any atom is 0.335 e. The van der Waals surface area contributed by atoms with Crippen molar-refractivity contribution in [2.24, 2.45) is 0 Å². The van der Waals surface area contributed by atoms with E-state index in [1.54, 1.807) is 0 Å². The number of nitrogen functional groups attached to an aromatic ring is 2. The van der Waals surface area contributed by atoms with E-state index in [1.165, 1.54) is 18.2 Å². The zero-order valence-electron chi connectivity index (χ0n) is 8.05. The average molecular weight is 214 g/mol. The molecule has 0 aliphatic rings. The van der Waals surface area contributed by atoms with Crippen LogP contribution in [0.2, 0.25) is 0 Å². The third-order valence-corrected chi connectivity index (χ3v) is 1.32. The Bertz CT molecular complexity index is 306. The minimum absolute atomic E-state index is 0.113. The molecule has 0 aliphatic carbocycles. The smallest absolute Gasteiger partial charge is 0.335 e. The van der Waals surface area contributed by atoms with Crippen LogP contribution in [0.3, 0.4) is 0 Å². The molecule has 0 amide bonds. The van der Waals surface area contributed by atoms with Crippen LogP contribution in [0.1, 0.15) is 10.4 Å². The van der Waals surface area contributed by atoms with Crippen molar-refractivity contribution in [3.63, 3.8) is 0 Å². The molecule has 0 unspecified atom stereocenters. The van der Waals surface area contributed by atoms with Gasteiger partial charge in [-0.05, 0) is 18.2 Å². The normalized spacial score (nSPS) is 8.93. The quantitative estimate of drug-likeness (QED) is 0.423. The second-order valence-electron chi connectivity index (χ2n) is 2.64. The first-order valence-electron chi connectivity index (χ1n) is 4.12. The Balaban J connectivity index is 0.000000423. The molecule has 0 spiro atoms. The summed E-state index contributed by atoms with van der Waals surface area (Å²) in [4.78, 5) is 10.4. The largest absolute Gasteiger partial charge is 0.478 e. The average Bonchev–Trinajstić information content (AvgIpc) is 2.16. The van der Waals surface area contributed by atoms with Gasteiger partial charge in [-0.25, -0.2) is 4.79 Å². The molecule has 0 saturated heterocycles. The fourth-order valence-corrected chi connectivity index (χ4v) is 0.800. The predicted molar refractivity (Wildman–Crippen MR) is 56.4 cm³/mol. The third-order valence-electron chi connectivity index (χ3n) is 1.32. The van der Waals surface area contributed by atoms with Crippen LogP contribution in [0.15, 0.2) is 18.2 Å². The van der Waals surface area contributed by atoms with Gasteiger partial charge >= 0.3 is 5.97 Å². The number of nitrogens with two attached hydrogens (primary N) is 2. The Labute approximate surface area is 86.8 Å². The van der Waals surface area contributed by atoms with Crippen LogP contribution in [0.4, 0.5) is 11.4 Å². The highest BCUT2D eigenvalue weighted by Crippen LogP contribution is 2.12. The summed E-state index contributed by atoms with van der Waals surface area (Å²) >= 11 is 0. The van der Waals surface area contributed by atoms with Crippen molar-refractivity contribution in [3.8, 4) is 0 Å². The standard InChI is InChI=1S/C7H8N2O2.C2H6O2/c8-5-1-4(7(10)11)2-6(9)3-5;3-1-2-4/h1-3H,8-9H2,(H,10,11);3-4H,1-2H2. The van der Waals surface area contributed by atoms with Gasteiger partial charge in [0, 0.05) is 11.4 Å². The predicted octanol–water partition coefficient (Wildman–Crippen LogP) is -0.480. The molecule has 1 aromatic rings. The molecule has 0 radical (unpaired) electrons. The summed E-state index contributed by atoms with van der Waals surface area (Å²) in [6.07, 6.45) is 0. The van der Waals surface area contributed by atoms with E-state index in [0.29, 0.717) is 11.4 Å². The van der Waals surface area contributed by atoms with Gasteiger partial charge in [-0.2, -0.15) is 0 Å². The van der Waals surface area contributed by atoms with Gasteiger partial charge in [0.15, 0.2) is 0 Å². The molecule has 1 aromatic carbocycles. The van der Waals surface area contributed by atoms with E-state index in [0.717, 1.165) is 0 Å². The second-order valence-corrected chi connectivity index (χ2v) is 2.64. The Morgan fingerprint density at radius 2 is 1.47 bits per heavy atom. The van der Waals surface area contributed by atoms with E-state index < -0.39 is 5.97 Å². The van der Waals surface area contributed by atoms with Gasteiger partial charge in [0.2, 0.25) is 0 Å². The highest BCUT2D eigenvalue weighted by molar-refractivity contribution is 5.90. The Hall–Kier alpha value is -1.79. The summed E-state index contributed by atoms with van der Waals surface area (Å²) in [5.41, 5.74) is 11.5. The highest BCUT2D eigenvalue weighted by atomic mass is 16.4. The molecule has 0 saturated carbocycles. The zero-order chi connectivity index (χ0) is 11.8. The number of carbonyl (C=O) groups is 1. The number of hydrogen-bond acceptors (Lipinski definition) is 5. The molecule has 0 aromatic heterocycles. The van der Waals surface area contributed by atoms with Crippen LogP contribution in [-0.2, 0) is 0 Å². The van der Waals surface area contributed by atoms with E-state index in [9.17, 15) is 4.79 Å². The highest BCUT2D eigenvalue weighted by Gasteiger charge is 2.02. The summed E-state index contributed by atoms with van der Waals surface area (Å²) in [6.45, 7) is -0.250. The fourth-order valence-electron chi connectivity index (χ4n) is 0.800. The molecular weight excluding hydrogens is 200 g/mol. The van der Waals surface area contributed by atoms with E-state index in [4.69, 9.17) is 26.8 Å². The fraction of sp³-hybridized carbons (Fsp3) is 0.222. The van der Waals surface area contributed by atoms with Crippen LogP contribution < -0.4 is 11.5 Å². The van der Waals surface area contributed by atoms with Crippen LogP contribution in [-0.4, -0.2) is 34.5 Å². The zero-order valence-corrected chi connectivity index (χ0v) is 8.05. The third kappa shape index (κ3) is 5.50. The number of carboxylic acid groups (broad SMARTS) is 1. The molecule has 0 atom stereocenters. The molecular formula is C9H14N2O4. The van der Waals surface area contributed by atoms with Crippen molar-refractivity contribution < 1.29 is 20.1 Å². The van der Waals surface area contributed by atoms with Crippen LogP contribution in [0.25, 0.3) is 0 Å². The Morgan fingerprint density at radius 1 is 1.07 bits per heavy atom. The summed E-state index contributed by atoms with van der Waals surface area (Å²) in [6, 6.07) is 4.23. The van der Waals surface area contributed by atoms with Gasteiger partial charge in [-0.15, -0.1) is 0 Å². The lowest BCUT2D eigenvalue weighted by Crippen LogP contribution is -1.99. The first-order chi connectivity index (χ1) is 7.01. The van der Waals surface area contributed by atoms with Crippen LogP contribution in [0, 0.1) is 0 Å². The summed E-state index contributed by atoms with van der Waals surface area (Å²) in [7, 11) is 0. The minimum atomic E-state index is -1.02. The minimum Gasteiger partial charge on any atom is -0.478 e. The molecule has 0 fully saturated rings. The molecule has 84 valence electrons. The van der Waals surface area contributed by atoms with Crippen molar-refractivity contribution in [2.45, 2.75) is 0 Å². The SMILES string of the molecule is Nc1cc(N)cc(C(=O)O)c1.OCCO. The first-order valence-corrected chi connectivity index (χ1v) is 4.12. The topological polar surface area (TPSA) is 130 Å². The summed E-state index contributed by atoms with van der Waals surface area (Å²) < 4.78 is 0. The van der Waals surface area contributed by atoms with Crippen molar-refractivity contribution >= 4 is 17.3 Å². The van der Waals surface area contributed by atoms with Crippen LogP contribution >= 0.6 is 0 Å². The molecule has 0 bridgehead atoms. The second kappa shape index (κ2) is 6.63. The number of hydrogen-bond donors (Lipinski definition) is 5. The Kier molecular flexibility index (Phi) is 5.84. The molecule has 6 nitrogen and oxygen atoms in total. The van der Waals surface area contributed by atoms with Gasteiger partial charge < -0.3 is 26.8 Å². The van der Waals surface area contributed by atoms with E-state index in [2.05, 4.69) is 0 Å². The molecule has 6 heteroatoms. The van der Waals surface area contributed by atoms with Gasteiger partial charge in [-0.3, -0.25) is 0 Å². The van der Waals surface area contributed by atoms with Crippen molar-refractivity contribution in [1.82, 2.24) is 0 Å². The van der Waals surface area contributed by atoms with Gasteiger partial charge in [0.05, 0.1) is 18.8 Å². The number of aliphatic hydroxyl groups excluding tert-OH is 2. The number of benzene rings is 1. The molecule has 0 heterocycles. The first kappa shape index (κ1) is 13.2. The number of rotatable bonds is 2. The molecule has 7 N–H and O–H groups in total. The summed E-state index contributed by atoms with van der Waals surface area (Å²) in [5.74, 6) is -1.02. The number of aromatic carboxylic acids is 1. The summed E-state index contributed by atoms with van der Waals surface area (Å²) in [5, 5.41) is 23.8. The van der Waals surface area contributed by atoms with E-state index >= 15 is 0 Å². The number of aliphatic hydroxyl groups is 2. The maximum absolute atomic E-state index is 10.4. The lowest BCUT2D eigenvalue weighted by molar-refractivity contribution is 0.0697. The van der Waals surface area contributed by atoms with E-state index in [-0.39, 0.29) is 18.8 Å². The number of carboxylic acids is 1. The lowest BCUT2D eigenvalue weighted by Gasteiger charge is -1.98. The monoisotopic (exact) mass is 214 g/mol. The number of anilines is 2. The van der Waals surface area contributed by atoms with Crippen molar-refractivity contribution in [1.29, 1.82) is 0 Å². The van der Waals surface area contributed by atoms with E-state index in [1.807, 2.05) is 0 Å².